The number of benzene rings is 1. The first-order chi connectivity index (χ1) is 15.0. The van der Waals surface area contributed by atoms with Gasteiger partial charge in [0.1, 0.15) is 5.75 Å². The van der Waals surface area contributed by atoms with E-state index < -0.39 is 12.2 Å². The summed E-state index contributed by atoms with van der Waals surface area (Å²) in [4.78, 5) is 27.0. The second-order valence-electron chi connectivity index (χ2n) is 8.70. The molecular formula is C23H32N2O6. The zero-order valence-electron chi connectivity index (χ0n) is 18.0. The van der Waals surface area contributed by atoms with Gasteiger partial charge in [-0.25, -0.2) is 0 Å². The number of nitrogens with zero attached hydrogens (tertiary/aromatic N) is 1. The van der Waals surface area contributed by atoms with Crippen molar-refractivity contribution in [3.8, 4) is 5.75 Å². The van der Waals surface area contributed by atoms with Crippen molar-refractivity contribution in [2.24, 2.45) is 5.92 Å². The Kier molecular flexibility index (Phi) is 7.22. The fraction of sp³-hybridized carbons (Fsp3) is 0.652. The van der Waals surface area contributed by atoms with Crippen LogP contribution in [-0.4, -0.2) is 79.5 Å². The van der Waals surface area contributed by atoms with Gasteiger partial charge < -0.3 is 29.5 Å². The number of likely N-dealkylation sites (tertiary alicyclic amines) is 1. The van der Waals surface area contributed by atoms with Crippen LogP contribution in [-0.2, 0) is 14.3 Å². The van der Waals surface area contributed by atoms with E-state index in [2.05, 4.69) is 10.2 Å². The first-order valence-electron chi connectivity index (χ1n) is 11.2. The number of rotatable bonds is 7. The third-order valence-corrected chi connectivity index (χ3v) is 6.31. The molecule has 0 radical (unpaired) electrons. The first-order valence-corrected chi connectivity index (χ1v) is 11.2. The molecule has 8 nitrogen and oxygen atoms in total. The molecule has 1 aromatic rings. The standard InChI is InChI=1S/C23H32N2O6/c1-15-23(28)24-20-12-17(2-3-21(20)31-15)22(27)16-4-8-25(9-5-16)13-18(26)14-30-19-6-10-29-11-7-19/h2-3,12,15-16,18-19,26H,4-11,13-14H2,1H3,(H,24,28). The first kappa shape index (κ1) is 22.2. The van der Waals surface area contributed by atoms with Crippen molar-refractivity contribution in [1.29, 1.82) is 0 Å². The van der Waals surface area contributed by atoms with Crippen molar-refractivity contribution in [3.63, 3.8) is 0 Å². The number of piperidine rings is 1. The second kappa shape index (κ2) is 10.1. The van der Waals surface area contributed by atoms with E-state index >= 15 is 0 Å². The molecule has 1 aromatic carbocycles. The molecule has 0 aliphatic carbocycles. The van der Waals surface area contributed by atoms with Gasteiger partial charge in [-0.3, -0.25) is 9.59 Å². The van der Waals surface area contributed by atoms with E-state index in [4.69, 9.17) is 14.2 Å². The van der Waals surface area contributed by atoms with Crippen LogP contribution < -0.4 is 10.1 Å². The Labute approximate surface area is 182 Å². The van der Waals surface area contributed by atoms with Gasteiger partial charge in [0.05, 0.1) is 24.5 Å². The van der Waals surface area contributed by atoms with Crippen molar-refractivity contribution in [1.82, 2.24) is 4.90 Å². The Bertz CT molecular complexity index is 786. The van der Waals surface area contributed by atoms with Crippen molar-refractivity contribution < 1.29 is 28.9 Å². The number of ether oxygens (including phenoxy) is 3. The van der Waals surface area contributed by atoms with E-state index in [9.17, 15) is 14.7 Å². The normalized spacial score (nSPS) is 24.2. The molecule has 0 spiro atoms. The summed E-state index contributed by atoms with van der Waals surface area (Å²) < 4.78 is 16.7. The molecule has 0 saturated carbocycles. The Balaban J connectivity index is 1.23. The molecule has 8 heteroatoms. The number of hydrogen-bond acceptors (Lipinski definition) is 7. The van der Waals surface area contributed by atoms with Crippen molar-refractivity contribution >= 4 is 17.4 Å². The number of amides is 1. The molecule has 3 aliphatic rings. The molecule has 2 unspecified atom stereocenters. The van der Waals surface area contributed by atoms with Crippen molar-refractivity contribution in [2.75, 3.05) is 44.8 Å². The smallest absolute Gasteiger partial charge is 0.265 e. The number of aliphatic hydroxyl groups is 1. The zero-order chi connectivity index (χ0) is 21.8. The van der Waals surface area contributed by atoms with Gasteiger partial charge >= 0.3 is 0 Å². The Morgan fingerprint density at radius 2 is 2.00 bits per heavy atom. The number of aliphatic hydroxyl groups excluding tert-OH is 1. The number of hydrogen-bond donors (Lipinski definition) is 2. The van der Waals surface area contributed by atoms with E-state index in [1.165, 1.54) is 0 Å². The molecule has 1 amide bonds. The van der Waals surface area contributed by atoms with Gasteiger partial charge in [0.25, 0.3) is 5.91 Å². The minimum absolute atomic E-state index is 0.0518. The minimum atomic E-state index is -0.532. The molecule has 3 aliphatic heterocycles. The van der Waals surface area contributed by atoms with Crippen LogP contribution in [0.4, 0.5) is 5.69 Å². The van der Waals surface area contributed by atoms with Crippen molar-refractivity contribution in [2.45, 2.75) is 50.9 Å². The lowest BCUT2D eigenvalue weighted by Gasteiger charge is -2.33. The highest BCUT2D eigenvalue weighted by Crippen LogP contribution is 2.32. The van der Waals surface area contributed by atoms with Gasteiger partial charge in [0.15, 0.2) is 11.9 Å². The summed E-state index contributed by atoms with van der Waals surface area (Å²) in [6.45, 7) is 5.59. The largest absolute Gasteiger partial charge is 0.479 e. The average molecular weight is 433 g/mol. The van der Waals surface area contributed by atoms with Crippen LogP contribution in [0.25, 0.3) is 0 Å². The highest BCUT2D eigenvalue weighted by molar-refractivity contribution is 6.02. The summed E-state index contributed by atoms with van der Waals surface area (Å²) in [5.74, 6) is 0.433. The minimum Gasteiger partial charge on any atom is -0.479 e. The zero-order valence-corrected chi connectivity index (χ0v) is 18.0. The van der Waals surface area contributed by atoms with Gasteiger partial charge in [-0.15, -0.1) is 0 Å². The fourth-order valence-corrected chi connectivity index (χ4v) is 4.42. The Morgan fingerprint density at radius 3 is 2.74 bits per heavy atom. The molecule has 0 bridgehead atoms. The summed E-state index contributed by atoms with van der Waals surface area (Å²) in [6, 6.07) is 5.24. The van der Waals surface area contributed by atoms with Gasteiger partial charge in [0, 0.05) is 31.2 Å². The predicted molar refractivity (Wildman–Crippen MR) is 114 cm³/mol. The lowest BCUT2D eigenvalue weighted by Crippen LogP contribution is -2.42. The van der Waals surface area contributed by atoms with E-state index in [-0.39, 0.29) is 23.7 Å². The summed E-state index contributed by atoms with van der Waals surface area (Å²) in [7, 11) is 0. The van der Waals surface area contributed by atoms with Crippen LogP contribution in [0.2, 0.25) is 0 Å². The number of Topliss-reactive ketones (excluding diaryl/α,β-unsaturated/α-hetero) is 1. The van der Waals surface area contributed by atoms with E-state index in [0.717, 1.165) is 52.0 Å². The maximum Gasteiger partial charge on any atom is 0.265 e. The maximum absolute atomic E-state index is 13.0. The number of fused-ring (bicyclic) bond motifs is 1. The fourth-order valence-electron chi connectivity index (χ4n) is 4.42. The molecule has 2 fully saturated rings. The number of carbonyl (C=O) groups excluding carboxylic acids is 2. The number of nitrogens with one attached hydrogen (secondary N) is 1. The number of ketones is 1. The molecule has 4 rings (SSSR count). The molecular weight excluding hydrogens is 400 g/mol. The molecule has 0 aromatic heterocycles. The average Bonchev–Trinajstić information content (AvgIpc) is 2.79. The van der Waals surface area contributed by atoms with Gasteiger partial charge in [-0.1, -0.05) is 0 Å². The summed E-state index contributed by atoms with van der Waals surface area (Å²) in [6.07, 6.45) is 2.40. The Hall–Kier alpha value is -2.00. The van der Waals surface area contributed by atoms with Crippen LogP contribution in [0.1, 0.15) is 43.0 Å². The number of carbonyl (C=O) groups is 2. The lowest BCUT2D eigenvalue weighted by atomic mass is 9.88. The molecule has 31 heavy (non-hydrogen) atoms. The Morgan fingerprint density at radius 1 is 1.26 bits per heavy atom. The topological polar surface area (TPSA) is 97.3 Å². The number of β-amino-alcohol motifs (C(OH)–C–C–N with tert-alkyl or cyclic N) is 1. The lowest BCUT2D eigenvalue weighted by molar-refractivity contribution is -0.122. The summed E-state index contributed by atoms with van der Waals surface area (Å²) in [5.41, 5.74) is 1.15. The third kappa shape index (κ3) is 5.63. The van der Waals surface area contributed by atoms with Crippen LogP contribution in [0.15, 0.2) is 18.2 Å². The molecule has 3 heterocycles. The monoisotopic (exact) mass is 432 g/mol. The molecule has 170 valence electrons. The third-order valence-electron chi connectivity index (χ3n) is 6.31. The van der Waals surface area contributed by atoms with Gasteiger partial charge in [0.2, 0.25) is 0 Å². The highest BCUT2D eigenvalue weighted by Gasteiger charge is 2.29. The van der Waals surface area contributed by atoms with Gasteiger partial charge in [-0.05, 0) is 63.9 Å². The van der Waals surface area contributed by atoms with Gasteiger partial charge in [-0.2, -0.15) is 0 Å². The predicted octanol–water partition coefficient (Wildman–Crippen LogP) is 1.86. The molecule has 2 atom stereocenters. The van der Waals surface area contributed by atoms with Crippen LogP contribution in [0.5, 0.6) is 5.75 Å². The highest BCUT2D eigenvalue weighted by atomic mass is 16.5. The second-order valence-corrected chi connectivity index (χ2v) is 8.70. The van der Waals surface area contributed by atoms with E-state index in [0.29, 0.717) is 30.2 Å². The van der Waals surface area contributed by atoms with Crippen LogP contribution in [0.3, 0.4) is 0 Å². The van der Waals surface area contributed by atoms with Crippen LogP contribution >= 0.6 is 0 Å². The van der Waals surface area contributed by atoms with Crippen molar-refractivity contribution in [3.05, 3.63) is 23.8 Å². The summed E-state index contributed by atoms with van der Waals surface area (Å²) >= 11 is 0. The quantitative estimate of drug-likeness (QED) is 0.635. The molecule has 2 N–H and O–H groups in total. The van der Waals surface area contributed by atoms with E-state index in [1.807, 2.05) is 0 Å². The summed E-state index contributed by atoms with van der Waals surface area (Å²) in [5, 5.41) is 13.1. The molecule has 2 saturated heterocycles. The SMILES string of the molecule is CC1Oc2ccc(C(=O)C3CCN(CC(O)COC4CCOCC4)CC3)cc2NC1=O. The number of anilines is 1. The maximum atomic E-state index is 13.0. The van der Waals surface area contributed by atoms with Crippen LogP contribution in [0, 0.1) is 5.92 Å². The van der Waals surface area contributed by atoms with E-state index in [1.54, 1.807) is 25.1 Å².